The van der Waals surface area contributed by atoms with Crippen LogP contribution < -0.4 is 4.90 Å². The van der Waals surface area contributed by atoms with Crippen molar-refractivity contribution in [1.29, 1.82) is 0 Å². The number of amides is 1. The predicted molar refractivity (Wildman–Crippen MR) is 109 cm³/mol. The first-order chi connectivity index (χ1) is 13.6. The standard InChI is InChI=1S/C21H19FN4OS/c1-3-26-17(12-14(2)24-26)20(27)25(13-15-8-5-4-6-9-15)21-23-19-16(22)10-7-11-18(19)28-21/h4-12H,3,13H2,1-2H3. The Hall–Kier alpha value is -3.06. The van der Waals surface area contributed by atoms with Gasteiger partial charge in [0.1, 0.15) is 17.0 Å². The first kappa shape index (κ1) is 18.3. The van der Waals surface area contributed by atoms with E-state index >= 15 is 0 Å². The van der Waals surface area contributed by atoms with Crippen LogP contribution in [0.4, 0.5) is 9.52 Å². The second kappa shape index (κ2) is 7.52. The zero-order valence-corrected chi connectivity index (χ0v) is 16.4. The summed E-state index contributed by atoms with van der Waals surface area (Å²) in [5.41, 5.74) is 2.53. The second-order valence-electron chi connectivity index (χ2n) is 6.45. The van der Waals surface area contributed by atoms with Crippen LogP contribution in [0.5, 0.6) is 0 Å². The highest BCUT2D eigenvalue weighted by molar-refractivity contribution is 7.22. The first-order valence-electron chi connectivity index (χ1n) is 9.02. The number of aryl methyl sites for hydroxylation is 2. The zero-order chi connectivity index (χ0) is 19.7. The zero-order valence-electron chi connectivity index (χ0n) is 15.6. The third-order valence-electron chi connectivity index (χ3n) is 4.44. The Morgan fingerprint density at radius 3 is 2.68 bits per heavy atom. The van der Waals surface area contributed by atoms with Crippen LogP contribution in [0, 0.1) is 12.7 Å². The molecule has 2 aromatic heterocycles. The second-order valence-corrected chi connectivity index (χ2v) is 7.46. The number of aromatic nitrogens is 3. The van der Waals surface area contributed by atoms with Crippen molar-refractivity contribution < 1.29 is 9.18 Å². The smallest absolute Gasteiger partial charge is 0.278 e. The summed E-state index contributed by atoms with van der Waals surface area (Å²) in [6.45, 7) is 4.73. The molecule has 1 amide bonds. The quantitative estimate of drug-likeness (QED) is 0.488. The number of hydrogen-bond acceptors (Lipinski definition) is 4. The summed E-state index contributed by atoms with van der Waals surface area (Å²) >= 11 is 1.31. The van der Waals surface area contributed by atoms with Crippen LogP contribution in [-0.2, 0) is 13.1 Å². The van der Waals surface area contributed by atoms with Crippen LogP contribution in [0.25, 0.3) is 10.2 Å². The van der Waals surface area contributed by atoms with Crippen molar-refractivity contribution in [3.63, 3.8) is 0 Å². The molecule has 142 valence electrons. The summed E-state index contributed by atoms with van der Waals surface area (Å²) in [5.74, 6) is -0.590. The number of carbonyl (C=O) groups excluding carboxylic acids is 1. The van der Waals surface area contributed by atoms with Gasteiger partial charge in [-0.1, -0.05) is 47.7 Å². The molecule has 4 rings (SSSR count). The van der Waals surface area contributed by atoms with Gasteiger partial charge < -0.3 is 0 Å². The molecule has 7 heteroatoms. The van der Waals surface area contributed by atoms with E-state index in [-0.39, 0.29) is 17.2 Å². The van der Waals surface area contributed by atoms with Crippen molar-refractivity contribution in [3.8, 4) is 0 Å². The fourth-order valence-electron chi connectivity index (χ4n) is 3.11. The van der Waals surface area contributed by atoms with Crippen LogP contribution in [0.3, 0.4) is 0 Å². The number of carbonyl (C=O) groups is 1. The molecule has 0 aliphatic heterocycles. The lowest BCUT2D eigenvalue weighted by atomic mass is 10.2. The van der Waals surface area contributed by atoms with Gasteiger partial charge in [0.2, 0.25) is 0 Å². The highest BCUT2D eigenvalue weighted by atomic mass is 32.1. The first-order valence-corrected chi connectivity index (χ1v) is 9.83. The number of para-hydroxylation sites is 1. The number of nitrogens with zero attached hydrogens (tertiary/aromatic N) is 4. The third kappa shape index (κ3) is 3.41. The van der Waals surface area contributed by atoms with E-state index in [2.05, 4.69) is 10.1 Å². The van der Waals surface area contributed by atoms with Gasteiger partial charge in [0.05, 0.1) is 16.9 Å². The van der Waals surface area contributed by atoms with Crippen LogP contribution in [0.1, 0.15) is 28.7 Å². The lowest BCUT2D eigenvalue weighted by Gasteiger charge is -2.20. The van der Waals surface area contributed by atoms with Gasteiger partial charge in [-0.25, -0.2) is 9.37 Å². The summed E-state index contributed by atoms with van der Waals surface area (Å²) in [4.78, 5) is 19.5. The van der Waals surface area contributed by atoms with Gasteiger partial charge in [0.15, 0.2) is 5.13 Å². The molecule has 2 aromatic carbocycles. The molecule has 0 aliphatic rings. The van der Waals surface area contributed by atoms with Crippen molar-refractivity contribution in [2.75, 3.05) is 4.90 Å². The topological polar surface area (TPSA) is 51.0 Å². The fraction of sp³-hybridized carbons (Fsp3) is 0.190. The molecule has 0 spiro atoms. The average Bonchev–Trinajstić information content (AvgIpc) is 3.30. The Balaban J connectivity index is 1.81. The summed E-state index contributed by atoms with van der Waals surface area (Å²) < 4.78 is 16.6. The lowest BCUT2D eigenvalue weighted by molar-refractivity contribution is 0.0975. The number of hydrogen-bond donors (Lipinski definition) is 0. The monoisotopic (exact) mass is 394 g/mol. The van der Waals surface area contributed by atoms with Gasteiger partial charge in [-0.2, -0.15) is 5.10 Å². The molecule has 28 heavy (non-hydrogen) atoms. The Bertz CT molecular complexity index is 1140. The van der Waals surface area contributed by atoms with E-state index in [1.807, 2.05) is 50.2 Å². The maximum absolute atomic E-state index is 14.2. The number of benzene rings is 2. The van der Waals surface area contributed by atoms with E-state index in [0.717, 1.165) is 11.3 Å². The lowest BCUT2D eigenvalue weighted by Crippen LogP contribution is -2.32. The van der Waals surface area contributed by atoms with Gasteiger partial charge in [-0.15, -0.1) is 0 Å². The van der Waals surface area contributed by atoms with Gasteiger partial charge in [-0.3, -0.25) is 14.4 Å². The minimum Gasteiger partial charge on any atom is -0.278 e. The van der Waals surface area contributed by atoms with Crippen molar-refractivity contribution in [2.45, 2.75) is 26.9 Å². The number of anilines is 1. The molecule has 5 nitrogen and oxygen atoms in total. The summed E-state index contributed by atoms with van der Waals surface area (Å²) in [5, 5.41) is 4.85. The molecule has 0 radical (unpaired) electrons. The summed E-state index contributed by atoms with van der Waals surface area (Å²) in [7, 11) is 0. The van der Waals surface area contributed by atoms with E-state index in [0.29, 0.717) is 28.6 Å². The Morgan fingerprint density at radius 1 is 1.18 bits per heavy atom. The summed E-state index contributed by atoms with van der Waals surface area (Å²) in [6.07, 6.45) is 0. The van der Waals surface area contributed by atoms with E-state index in [9.17, 15) is 9.18 Å². The average molecular weight is 394 g/mol. The largest absolute Gasteiger partial charge is 0.278 e. The molecular formula is C21H19FN4OS. The van der Waals surface area contributed by atoms with E-state index in [1.165, 1.54) is 17.4 Å². The van der Waals surface area contributed by atoms with Crippen molar-refractivity contribution in [1.82, 2.24) is 14.8 Å². The Labute approximate surface area is 166 Å². The molecular weight excluding hydrogens is 375 g/mol. The SMILES string of the molecule is CCn1nc(C)cc1C(=O)N(Cc1ccccc1)c1nc2c(F)cccc2s1. The van der Waals surface area contributed by atoms with Gasteiger partial charge in [-0.05, 0) is 37.6 Å². The predicted octanol–water partition coefficient (Wildman–Crippen LogP) is 4.81. The highest BCUT2D eigenvalue weighted by Gasteiger charge is 2.25. The molecule has 0 atom stereocenters. The van der Waals surface area contributed by atoms with Crippen LogP contribution in [0.15, 0.2) is 54.6 Å². The molecule has 0 bridgehead atoms. The maximum atomic E-state index is 14.2. The van der Waals surface area contributed by atoms with E-state index in [4.69, 9.17) is 0 Å². The maximum Gasteiger partial charge on any atom is 0.278 e. The van der Waals surface area contributed by atoms with Crippen LogP contribution >= 0.6 is 11.3 Å². The molecule has 0 unspecified atom stereocenters. The van der Waals surface area contributed by atoms with Gasteiger partial charge in [0.25, 0.3) is 5.91 Å². The minimum absolute atomic E-state index is 0.203. The number of fused-ring (bicyclic) bond motifs is 1. The van der Waals surface area contributed by atoms with Crippen LogP contribution in [0.2, 0.25) is 0 Å². The molecule has 0 N–H and O–H groups in total. The third-order valence-corrected chi connectivity index (χ3v) is 5.48. The minimum atomic E-state index is -0.387. The number of rotatable bonds is 5. The van der Waals surface area contributed by atoms with Gasteiger partial charge >= 0.3 is 0 Å². The van der Waals surface area contributed by atoms with E-state index in [1.54, 1.807) is 21.7 Å². The molecule has 0 saturated heterocycles. The van der Waals surface area contributed by atoms with Crippen molar-refractivity contribution >= 4 is 32.6 Å². The molecule has 0 fully saturated rings. The van der Waals surface area contributed by atoms with Gasteiger partial charge in [0, 0.05) is 6.54 Å². The normalized spacial score (nSPS) is 11.1. The summed E-state index contributed by atoms with van der Waals surface area (Å²) in [6, 6.07) is 16.3. The van der Waals surface area contributed by atoms with Crippen LogP contribution in [-0.4, -0.2) is 20.7 Å². The van der Waals surface area contributed by atoms with E-state index < -0.39 is 0 Å². The Morgan fingerprint density at radius 2 is 1.96 bits per heavy atom. The Kier molecular flexibility index (Phi) is 4.92. The number of halogens is 1. The van der Waals surface area contributed by atoms with Crippen molar-refractivity contribution in [2.24, 2.45) is 0 Å². The van der Waals surface area contributed by atoms with Crippen molar-refractivity contribution in [3.05, 3.63) is 77.4 Å². The molecule has 0 aliphatic carbocycles. The molecule has 2 heterocycles. The number of thiazole rings is 1. The molecule has 0 saturated carbocycles. The highest BCUT2D eigenvalue weighted by Crippen LogP contribution is 2.32. The molecule has 4 aromatic rings. The fourth-order valence-corrected chi connectivity index (χ4v) is 4.09.